The molecule has 2 aromatic rings. The highest BCUT2D eigenvalue weighted by molar-refractivity contribution is 6.03. The van der Waals surface area contributed by atoms with Crippen LogP contribution < -0.4 is 9.64 Å². The van der Waals surface area contributed by atoms with Crippen LogP contribution in [0, 0.1) is 11.6 Å². The van der Waals surface area contributed by atoms with Gasteiger partial charge < -0.3 is 9.64 Å². The number of halogens is 2. The normalized spacial score (nSPS) is 17.1. The summed E-state index contributed by atoms with van der Waals surface area (Å²) in [5.74, 6) is -0.808. The third-order valence-electron chi connectivity index (χ3n) is 5.34. The van der Waals surface area contributed by atoms with Crippen LogP contribution >= 0.6 is 0 Å². The van der Waals surface area contributed by atoms with Gasteiger partial charge in [0.15, 0.2) is 0 Å². The molecule has 6 heteroatoms. The van der Waals surface area contributed by atoms with E-state index in [1.54, 1.807) is 6.07 Å². The van der Waals surface area contributed by atoms with E-state index in [1.807, 2.05) is 12.1 Å². The van der Waals surface area contributed by atoms with Gasteiger partial charge in [-0.15, -0.1) is 0 Å². The first-order valence-corrected chi connectivity index (χ1v) is 9.87. The van der Waals surface area contributed by atoms with Crippen LogP contribution in [0.15, 0.2) is 36.4 Å². The van der Waals surface area contributed by atoms with Gasteiger partial charge in [-0.25, -0.2) is 8.78 Å². The molecule has 0 aliphatic carbocycles. The van der Waals surface area contributed by atoms with E-state index in [1.165, 1.54) is 43.0 Å². The minimum Gasteiger partial charge on any atom is -0.494 e. The Hall–Kier alpha value is -2.47. The van der Waals surface area contributed by atoms with Gasteiger partial charge in [-0.1, -0.05) is 0 Å². The Bertz CT molecular complexity index is 845. The summed E-state index contributed by atoms with van der Waals surface area (Å²) in [5.41, 5.74) is 1.81. The highest BCUT2D eigenvalue weighted by Gasteiger charge is 2.26. The van der Waals surface area contributed by atoms with Crippen molar-refractivity contribution in [2.45, 2.75) is 32.1 Å². The summed E-state index contributed by atoms with van der Waals surface area (Å²) in [5, 5.41) is 0. The van der Waals surface area contributed by atoms with Crippen molar-refractivity contribution in [1.29, 1.82) is 0 Å². The third-order valence-corrected chi connectivity index (χ3v) is 5.34. The Balaban J connectivity index is 1.46. The fourth-order valence-corrected chi connectivity index (χ4v) is 3.99. The molecule has 0 saturated carbocycles. The summed E-state index contributed by atoms with van der Waals surface area (Å²) in [6, 6.07) is 8.71. The fourth-order valence-electron chi connectivity index (χ4n) is 3.99. The molecule has 0 atom stereocenters. The smallest absolute Gasteiger partial charge is 0.231 e. The SMILES string of the molecule is O=C1CCc2cc(OCCCN3CCCC3)ccc2N1c1cc(F)cc(F)c1. The largest absolute Gasteiger partial charge is 0.494 e. The number of aryl methyl sites for hydroxylation is 1. The minimum atomic E-state index is -0.701. The average Bonchev–Trinajstić information content (AvgIpc) is 3.18. The monoisotopic (exact) mass is 386 g/mol. The van der Waals surface area contributed by atoms with E-state index in [9.17, 15) is 13.6 Å². The number of likely N-dealkylation sites (tertiary alicyclic amines) is 1. The number of amides is 1. The van der Waals surface area contributed by atoms with Crippen molar-refractivity contribution in [3.8, 4) is 5.75 Å². The molecule has 0 aromatic heterocycles. The van der Waals surface area contributed by atoms with Crippen LogP contribution in [0.4, 0.5) is 20.2 Å². The van der Waals surface area contributed by atoms with E-state index < -0.39 is 11.6 Å². The van der Waals surface area contributed by atoms with E-state index in [4.69, 9.17) is 4.74 Å². The van der Waals surface area contributed by atoms with Crippen molar-refractivity contribution in [2.75, 3.05) is 31.1 Å². The zero-order valence-corrected chi connectivity index (χ0v) is 15.8. The number of carbonyl (C=O) groups is 1. The van der Waals surface area contributed by atoms with Crippen LogP contribution in [-0.2, 0) is 11.2 Å². The van der Waals surface area contributed by atoms with Crippen LogP contribution in [0.3, 0.4) is 0 Å². The molecule has 2 aromatic carbocycles. The standard InChI is InChI=1S/C22H24F2N2O2/c23-17-13-18(24)15-19(14-17)26-21-6-5-20(12-16(21)4-7-22(26)27)28-11-3-10-25-8-1-2-9-25/h5-6,12-15H,1-4,7-11H2. The molecule has 0 bridgehead atoms. The maximum Gasteiger partial charge on any atom is 0.231 e. The van der Waals surface area contributed by atoms with E-state index in [2.05, 4.69) is 4.90 Å². The molecular weight excluding hydrogens is 362 g/mol. The first kappa shape index (κ1) is 18.9. The number of fused-ring (bicyclic) bond motifs is 1. The number of carbonyl (C=O) groups excluding carboxylic acids is 1. The van der Waals surface area contributed by atoms with E-state index >= 15 is 0 Å². The average molecular weight is 386 g/mol. The Morgan fingerprint density at radius 2 is 1.71 bits per heavy atom. The molecule has 0 unspecified atom stereocenters. The van der Waals surface area contributed by atoms with E-state index in [0.717, 1.165) is 30.3 Å². The maximum absolute atomic E-state index is 13.6. The molecular formula is C22H24F2N2O2. The predicted molar refractivity (Wildman–Crippen MR) is 104 cm³/mol. The zero-order valence-electron chi connectivity index (χ0n) is 15.8. The van der Waals surface area contributed by atoms with Crippen LogP contribution in [0.2, 0.25) is 0 Å². The molecule has 2 heterocycles. The molecule has 28 heavy (non-hydrogen) atoms. The van der Waals surface area contributed by atoms with Gasteiger partial charge in [-0.3, -0.25) is 9.69 Å². The Labute approximate surface area is 163 Å². The lowest BCUT2D eigenvalue weighted by Gasteiger charge is -2.30. The zero-order chi connectivity index (χ0) is 19.5. The highest BCUT2D eigenvalue weighted by atomic mass is 19.1. The topological polar surface area (TPSA) is 32.8 Å². The highest BCUT2D eigenvalue weighted by Crippen LogP contribution is 2.36. The molecule has 2 aliphatic heterocycles. The van der Waals surface area contributed by atoms with Crippen LogP contribution in [0.1, 0.15) is 31.2 Å². The molecule has 0 radical (unpaired) electrons. The molecule has 4 nitrogen and oxygen atoms in total. The van der Waals surface area contributed by atoms with Crippen LogP contribution in [-0.4, -0.2) is 37.0 Å². The predicted octanol–water partition coefficient (Wildman–Crippen LogP) is 4.44. The molecule has 2 aliphatic rings. The number of rotatable bonds is 6. The van der Waals surface area contributed by atoms with Crippen molar-refractivity contribution in [2.24, 2.45) is 0 Å². The Kier molecular flexibility index (Phi) is 5.57. The van der Waals surface area contributed by atoms with Crippen LogP contribution in [0.5, 0.6) is 5.75 Å². The number of hydrogen-bond acceptors (Lipinski definition) is 3. The molecule has 0 spiro atoms. The van der Waals surface area contributed by atoms with Gasteiger partial charge in [0, 0.05) is 19.0 Å². The van der Waals surface area contributed by atoms with Gasteiger partial charge in [0.2, 0.25) is 5.91 Å². The summed E-state index contributed by atoms with van der Waals surface area (Å²) >= 11 is 0. The first-order valence-electron chi connectivity index (χ1n) is 9.87. The van der Waals surface area contributed by atoms with Gasteiger partial charge >= 0.3 is 0 Å². The van der Waals surface area contributed by atoms with Gasteiger partial charge in [0.05, 0.1) is 18.0 Å². The number of anilines is 2. The van der Waals surface area contributed by atoms with Crippen molar-refractivity contribution >= 4 is 17.3 Å². The lowest BCUT2D eigenvalue weighted by atomic mass is 10.00. The molecule has 1 saturated heterocycles. The number of hydrogen-bond donors (Lipinski definition) is 0. The van der Waals surface area contributed by atoms with Crippen molar-refractivity contribution in [3.05, 3.63) is 53.6 Å². The molecule has 4 rings (SSSR count). The van der Waals surface area contributed by atoms with Crippen molar-refractivity contribution < 1.29 is 18.3 Å². The number of benzene rings is 2. The van der Waals surface area contributed by atoms with Gasteiger partial charge in [0.25, 0.3) is 0 Å². The van der Waals surface area contributed by atoms with E-state index in [-0.39, 0.29) is 11.6 Å². The summed E-state index contributed by atoms with van der Waals surface area (Å²) in [7, 11) is 0. The van der Waals surface area contributed by atoms with Gasteiger partial charge in [-0.2, -0.15) is 0 Å². The molecule has 1 amide bonds. The molecule has 0 N–H and O–H groups in total. The van der Waals surface area contributed by atoms with Crippen molar-refractivity contribution in [1.82, 2.24) is 4.90 Å². The minimum absolute atomic E-state index is 0.170. The van der Waals surface area contributed by atoms with Crippen molar-refractivity contribution in [3.63, 3.8) is 0 Å². The fraction of sp³-hybridized carbons (Fsp3) is 0.409. The second kappa shape index (κ2) is 8.27. The Morgan fingerprint density at radius 1 is 0.964 bits per heavy atom. The summed E-state index contributed by atoms with van der Waals surface area (Å²) in [4.78, 5) is 16.3. The molecule has 1 fully saturated rings. The lowest BCUT2D eigenvalue weighted by molar-refractivity contribution is -0.118. The lowest BCUT2D eigenvalue weighted by Crippen LogP contribution is -2.31. The van der Waals surface area contributed by atoms with Crippen LogP contribution in [0.25, 0.3) is 0 Å². The second-order valence-corrected chi connectivity index (χ2v) is 7.40. The van der Waals surface area contributed by atoms with E-state index in [0.29, 0.717) is 25.1 Å². The Morgan fingerprint density at radius 3 is 2.46 bits per heavy atom. The summed E-state index contributed by atoms with van der Waals surface area (Å²) in [6.45, 7) is 4.07. The quantitative estimate of drug-likeness (QED) is 0.688. The molecule has 148 valence electrons. The third kappa shape index (κ3) is 4.17. The second-order valence-electron chi connectivity index (χ2n) is 7.40. The summed E-state index contributed by atoms with van der Waals surface area (Å²) in [6.07, 6.45) is 4.44. The first-order chi connectivity index (χ1) is 13.6. The summed E-state index contributed by atoms with van der Waals surface area (Å²) < 4.78 is 33.2. The number of ether oxygens (including phenoxy) is 1. The van der Waals surface area contributed by atoms with Gasteiger partial charge in [0.1, 0.15) is 17.4 Å². The number of nitrogens with zero attached hydrogens (tertiary/aromatic N) is 2. The van der Waals surface area contributed by atoms with Gasteiger partial charge in [-0.05, 0) is 74.7 Å². The maximum atomic E-state index is 13.6.